The lowest BCUT2D eigenvalue weighted by Gasteiger charge is -2.30. The predicted octanol–water partition coefficient (Wildman–Crippen LogP) is 2.74. The van der Waals surface area contributed by atoms with Crippen molar-refractivity contribution in [1.82, 2.24) is 9.80 Å². The Morgan fingerprint density at radius 3 is 2.84 bits per heavy atom. The Balaban J connectivity index is 2.21. The van der Waals surface area contributed by atoms with Crippen molar-refractivity contribution in [3.05, 3.63) is 33.3 Å². The van der Waals surface area contributed by atoms with E-state index in [9.17, 15) is 0 Å². The molecule has 3 nitrogen and oxygen atoms in total. The molecular weight excluding hydrogens is 326 g/mol. The third kappa shape index (κ3) is 3.92. The Morgan fingerprint density at radius 1 is 1.32 bits per heavy atom. The molecule has 1 fully saturated rings. The first-order valence-electron chi connectivity index (χ1n) is 6.69. The van der Waals surface area contributed by atoms with Crippen molar-refractivity contribution in [3.8, 4) is 0 Å². The zero-order chi connectivity index (χ0) is 13.8. The molecule has 106 valence electrons. The van der Waals surface area contributed by atoms with Crippen LogP contribution in [0.5, 0.6) is 0 Å². The number of nitrogens with zero attached hydrogens (tertiary/aromatic N) is 2. The van der Waals surface area contributed by atoms with Gasteiger partial charge in [0.05, 0.1) is 0 Å². The van der Waals surface area contributed by atoms with Crippen LogP contribution >= 0.6 is 27.5 Å². The number of halogens is 2. The average molecular weight is 347 g/mol. The van der Waals surface area contributed by atoms with Crippen molar-refractivity contribution < 1.29 is 0 Å². The van der Waals surface area contributed by atoms with Crippen molar-refractivity contribution in [2.24, 2.45) is 5.73 Å². The molecule has 1 aliphatic rings. The van der Waals surface area contributed by atoms with Gasteiger partial charge in [0.15, 0.2) is 0 Å². The molecule has 19 heavy (non-hydrogen) atoms. The van der Waals surface area contributed by atoms with Gasteiger partial charge in [0, 0.05) is 41.7 Å². The van der Waals surface area contributed by atoms with E-state index in [2.05, 4.69) is 38.8 Å². The quantitative estimate of drug-likeness (QED) is 0.913. The van der Waals surface area contributed by atoms with Crippen LogP contribution in [0.3, 0.4) is 0 Å². The van der Waals surface area contributed by atoms with Crippen LogP contribution in [0, 0.1) is 0 Å². The molecule has 1 heterocycles. The normalized spacial score (nSPS) is 20.2. The van der Waals surface area contributed by atoms with E-state index in [0.717, 1.165) is 41.2 Å². The number of likely N-dealkylation sites (N-methyl/N-ethyl adjacent to an activating group) is 1. The monoisotopic (exact) mass is 345 g/mol. The van der Waals surface area contributed by atoms with E-state index in [1.807, 2.05) is 12.1 Å². The fourth-order valence-electron chi connectivity index (χ4n) is 2.62. The summed E-state index contributed by atoms with van der Waals surface area (Å²) in [6, 6.07) is 6.20. The highest BCUT2D eigenvalue weighted by atomic mass is 79.9. The Kier molecular flexibility index (Phi) is 5.66. The summed E-state index contributed by atoms with van der Waals surface area (Å²) in [5, 5.41) is 0.802. The minimum absolute atomic E-state index is 0.205. The molecule has 0 aliphatic carbocycles. The lowest BCUT2D eigenvalue weighted by molar-refractivity contribution is 0.208. The Morgan fingerprint density at radius 2 is 2.11 bits per heavy atom. The van der Waals surface area contributed by atoms with Crippen LogP contribution in [-0.2, 0) is 0 Å². The van der Waals surface area contributed by atoms with Crippen LogP contribution in [-0.4, -0.2) is 49.6 Å². The lowest BCUT2D eigenvalue weighted by Crippen LogP contribution is -2.36. The summed E-state index contributed by atoms with van der Waals surface area (Å²) in [6.07, 6.45) is 1.18. The van der Waals surface area contributed by atoms with Gasteiger partial charge in [-0.3, -0.25) is 4.90 Å². The van der Waals surface area contributed by atoms with Crippen molar-refractivity contribution >= 4 is 27.5 Å². The van der Waals surface area contributed by atoms with Gasteiger partial charge in [0.1, 0.15) is 0 Å². The molecule has 0 amide bonds. The first-order valence-corrected chi connectivity index (χ1v) is 7.86. The second-order valence-electron chi connectivity index (χ2n) is 5.11. The van der Waals surface area contributed by atoms with Crippen LogP contribution in [0.4, 0.5) is 0 Å². The fraction of sp³-hybridized carbons (Fsp3) is 0.571. The molecule has 5 heteroatoms. The summed E-state index contributed by atoms with van der Waals surface area (Å²) < 4.78 is 1.05. The van der Waals surface area contributed by atoms with E-state index >= 15 is 0 Å². The van der Waals surface area contributed by atoms with Gasteiger partial charge >= 0.3 is 0 Å². The number of hydrogen-bond donors (Lipinski definition) is 1. The maximum Gasteiger partial charge on any atom is 0.0486 e. The molecule has 0 radical (unpaired) electrons. The van der Waals surface area contributed by atoms with Crippen LogP contribution in [0.1, 0.15) is 18.0 Å². The van der Waals surface area contributed by atoms with Crippen LogP contribution in [0.15, 0.2) is 22.7 Å². The fourth-order valence-corrected chi connectivity index (χ4v) is 3.24. The highest BCUT2D eigenvalue weighted by Crippen LogP contribution is 2.30. The largest absolute Gasteiger partial charge is 0.329 e. The predicted molar refractivity (Wildman–Crippen MR) is 84.6 cm³/mol. The van der Waals surface area contributed by atoms with Crippen LogP contribution in [0.25, 0.3) is 0 Å². The van der Waals surface area contributed by atoms with E-state index in [1.165, 1.54) is 6.42 Å². The SMILES string of the molecule is CN1CCCN(C(CN)c2cc(Br)ccc2Cl)CC1. The van der Waals surface area contributed by atoms with E-state index in [-0.39, 0.29) is 6.04 Å². The molecule has 1 aromatic rings. The summed E-state index contributed by atoms with van der Waals surface area (Å²) in [7, 11) is 2.17. The second kappa shape index (κ2) is 7.04. The van der Waals surface area contributed by atoms with Crippen molar-refractivity contribution in [3.63, 3.8) is 0 Å². The Hall–Kier alpha value is -0.130. The topological polar surface area (TPSA) is 32.5 Å². The molecular formula is C14H21BrClN3. The van der Waals surface area contributed by atoms with Gasteiger partial charge < -0.3 is 10.6 Å². The van der Waals surface area contributed by atoms with Gasteiger partial charge in [-0.1, -0.05) is 27.5 Å². The average Bonchev–Trinajstić information content (AvgIpc) is 2.60. The van der Waals surface area contributed by atoms with Crippen molar-refractivity contribution in [1.29, 1.82) is 0 Å². The molecule has 0 bridgehead atoms. The maximum absolute atomic E-state index is 6.34. The lowest BCUT2D eigenvalue weighted by atomic mass is 10.0. The summed E-state index contributed by atoms with van der Waals surface area (Å²) in [5.74, 6) is 0. The first kappa shape index (κ1) is 15.3. The first-order chi connectivity index (χ1) is 9.11. The molecule has 1 unspecified atom stereocenters. The molecule has 2 N–H and O–H groups in total. The molecule has 1 aliphatic heterocycles. The van der Waals surface area contributed by atoms with E-state index in [0.29, 0.717) is 6.54 Å². The molecule has 0 saturated carbocycles. The third-order valence-electron chi connectivity index (χ3n) is 3.74. The van der Waals surface area contributed by atoms with Crippen molar-refractivity contribution in [2.75, 3.05) is 39.8 Å². The number of nitrogens with two attached hydrogens (primary N) is 1. The molecule has 2 rings (SSSR count). The standard InChI is InChI=1S/C14H21BrClN3/c1-18-5-2-6-19(8-7-18)14(10-17)12-9-11(15)3-4-13(12)16/h3-4,9,14H,2,5-8,10,17H2,1H3. The Labute approximate surface area is 128 Å². The molecule has 1 aromatic carbocycles. The number of hydrogen-bond acceptors (Lipinski definition) is 3. The Bertz CT molecular complexity index is 427. The summed E-state index contributed by atoms with van der Waals surface area (Å²) >= 11 is 9.86. The van der Waals surface area contributed by atoms with Crippen LogP contribution in [0.2, 0.25) is 5.02 Å². The smallest absolute Gasteiger partial charge is 0.0486 e. The number of benzene rings is 1. The zero-order valence-corrected chi connectivity index (χ0v) is 13.6. The van der Waals surface area contributed by atoms with Gasteiger partial charge in [0.25, 0.3) is 0 Å². The van der Waals surface area contributed by atoms with E-state index in [4.69, 9.17) is 17.3 Å². The maximum atomic E-state index is 6.34. The van der Waals surface area contributed by atoms with E-state index in [1.54, 1.807) is 0 Å². The minimum Gasteiger partial charge on any atom is -0.329 e. The molecule has 1 atom stereocenters. The van der Waals surface area contributed by atoms with Crippen molar-refractivity contribution in [2.45, 2.75) is 12.5 Å². The summed E-state index contributed by atoms with van der Waals surface area (Å²) in [4.78, 5) is 4.83. The number of rotatable bonds is 3. The van der Waals surface area contributed by atoms with Gasteiger partial charge in [-0.15, -0.1) is 0 Å². The third-order valence-corrected chi connectivity index (χ3v) is 4.57. The van der Waals surface area contributed by atoms with Gasteiger partial charge in [-0.25, -0.2) is 0 Å². The molecule has 0 aromatic heterocycles. The molecule has 1 saturated heterocycles. The van der Waals surface area contributed by atoms with E-state index < -0.39 is 0 Å². The second-order valence-corrected chi connectivity index (χ2v) is 6.43. The molecule has 0 spiro atoms. The van der Waals surface area contributed by atoms with Gasteiger partial charge in [-0.05, 0) is 43.8 Å². The summed E-state index contributed by atoms with van der Waals surface area (Å²) in [5.41, 5.74) is 7.14. The van der Waals surface area contributed by atoms with Gasteiger partial charge in [-0.2, -0.15) is 0 Å². The highest BCUT2D eigenvalue weighted by molar-refractivity contribution is 9.10. The van der Waals surface area contributed by atoms with Crippen LogP contribution < -0.4 is 5.73 Å². The minimum atomic E-state index is 0.205. The summed E-state index contributed by atoms with van der Waals surface area (Å²) in [6.45, 7) is 4.96. The highest BCUT2D eigenvalue weighted by Gasteiger charge is 2.23. The zero-order valence-electron chi connectivity index (χ0n) is 11.3. The van der Waals surface area contributed by atoms with Gasteiger partial charge in [0.2, 0.25) is 0 Å².